The molecule has 2 nitrogen and oxygen atoms in total. The van der Waals surface area contributed by atoms with E-state index in [9.17, 15) is 8.78 Å². The molecule has 1 rings (SSSR count). The van der Waals surface area contributed by atoms with Gasteiger partial charge in [0, 0.05) is 23.8 Å². The van der Waals surface area contributed by atoms with Gasteiger partial charge in [0.15, 0.2) is 0 Å². The van der Waals surface area contributed by atoms with Gasteiger partial charge in [-0.05, 0) is 31.3 Å². The van der Waals surface area contributed by atoms with Crippen molar-refractivity contribution in [3.63, 3.8) is 0 Å². The maximum Gasteiger partial charge on any atom is 0.251 e. The van der Waals surface area contributed by atoms with Crippen molar-refractivity contribution in [1.82, 2.24) is 4.90 Å². The quantitative estimate of drug-likeness (QED) is 0.833. The molecule has 0 amide bonds. The van der Waals surface area contributed by atoms with E-state index in [0.29, 0.717) is 18.1 Å². The summed E-state index contributed by atoms with van der Waals surface area (Å²) in [6.07, 6.45) is -2.28. The van der Waals surface area contributed by atoms with Gasteiger partial charge in [-0.2, -0.15) is 0 Å². The molecular weight excluding hydrogens is 234 g/mol. The summed E-state index contributed by atoms with van der Waals surface area (Å²) in [5.74, 6) is 0. The predicted octanol–water partition coefficient (Wildman–Crippen LogP) is 2.95. The van der Waals surface area contributed by atoms with Gasteiger partial charge < -0.3 is 5.32 Å². The van der Waals surface area contributed by atoms with Crippen LogP contribution in [0.4, 0.5) is 14.5 Å². The molecule has 0 bridgehead atoms. The SMILES string of the molecule is CN(CCNc1ccc(Cl)cc1)CC(F)F. The Hall–Kier alpha value is -0.870. The number of anilines is 1. The number of hydrogen-bond donors (Lipinski definition) is 1. The van der Waals surface area contributed by atoms with Crippen molar-refractivity contribution in [2.75, 3.05) is 32.0 Å². The van der Waals surface area contributed by atoms with Gasteiger partial charge in [-0.15, -0.1) is 0 Å². The molecule has 5 heteroatoms. The number of rotatable bonds is 6. The van der Waals surface area contributed by atoms with Crippen molar-refractivity contribution in [2.24, 2.45) is 0 Å². The van der Waals surface area contributed by atoms with E-state index in [1.54, 1.807) is 24.1 Å². The standard InChI is InChI=1S/C11H15ClF2N2/c1-16(8-11(13)14)7-6-15-10-4-2-9(12)3-5-10/h2-5,11,15H,6-8H2,1H3. The van der Waals surface area contributed by atoms with Crippen LogP contribution in [-0.4, -0.2) is 38.0 Å². The molecule has 16 heavy (non-hydrogen) atoms. The van der Waals surface area contributed by atoms with Gasteiger partial charge in [-0.25, -0.2) is 8.78 Å². The molecule has 0 fully saturated rings. The summed E-state index contributed by atoms with van der Waals surface area (Å²) in [6.45, 7) is 1.01. The highest BCUT2D eigenvalue weighted by molar-refractivity contribution is 6.30. The highest BCUT2D eigenvalue weighted by Gasteiger charge is 2.06. The van der Waals surface area contributed by atoms with Crippen molar-refractivity contribution in [3.05, 3.63) is 29.3 Å². The molecule has 1 aromatic rings. The lowest BCUT2D eigenvalue weighted by atomic mass is 10.3. The Morgan fingerprint density at radius 3 is 2.50 bits per heavy atom. The molecule has 0 aliphatic rings. The van der Waals surface area contributed by atoms with E-state index in [0.717, 1.165) is 5.69 Å². The van der Waals surface area contributed by atoms with Crippen molar-refractivity contribution in [1.29, 1.82) is 0 Å². The molecule has 0 spiro atoms. The van der Waals surface area contributed by atoms with Crippen LogP contribution in [0.15, 0.2) is 24.3 Å². The molecule has 0 radical (unpaired) electrons. The minimum absolute atomic E-state index is 0.192. The van der Waals surface area contributed by atoms with Crippen LogP contribution in [0.25, 0.3) is 0 Å². The summed E-state index contributed by atoms with van der Waals surface area (Å²) in [4.78, 5) is 1.59. The second-order valence-corrected chi connectivity index (χ2v) is 4.02. The van der Waals surface area contributed by atoms with Gasteiger partial charge in [0.2, 0.25) is 0 Å². The van der Waals surface area contributed by atoms with E-state index >= 15 is 0 Å². The number of hydrogen-bond acceptors (Lipinski definition) is 2. The summed E-state index contributed by atoms with van der Waals surface area (Å²) in [6, 6.07) is 7.28. The molecule has 0 atom stereocenters. The predicted molar refractivity (Wildman–Crippen MR) is 63.4 cm³/mol. The molecule has 0 saturated heterocycles. The third-order valence-electron chi connectivity index (χ3n) is 2.12. The van der Waals surface area contributed by atoms with Crippen LogP contribution in [0.2, 0.25) is 5.02 Å². The van der Waals surface area contributed by atoms with Crippen molar-refractivity contribution in [2.45, 2.75) is 6.43 Å². The number of nitrogens with zero attached hydrogens (tertiary/aromatic N) is 1. The molecule has 0 saturated carbocycles. The average Bonchev–Trinajstić information content (AvgIpc) is 2.20. The summed E-state index contributed by atoms with van der Waals surface area (Å²) in [5, 5.41) is 3.81. The minimum Gasteiger partial charge on any atom is -0.384 e. The smallest absolute Gasteiger partial charge is 0.251 e. The number of halogens is 3. The van der Waals surface area contributed by atoms with Gasteiger partial charge in [0.1, 0.15) is 0 Å². The number of nitrogens with one attached hydrogen (secondary N) is 1. The fraction of sp³-hybridized carbons (Fsp3) is 0.455. The zero-order chi connectivity index (χ0) is 12.0. The molecular formula is C11H15ClF2N2. The molecule has 1 aromatic carbocycles. The second-order valence-electron chi connectivity index (χ2n) is 3.59. The number of likely N-dealkylation sites (N-methyl/N-ethyl adjacent to an activating group) is 1. The van der Waals surface area contributed by atoms with E-state index in [2.05, 4.69) is 5.32 Å². The Bertz CT molecular complexity index is 303. The lowest BCUT2D eigenvalue weighted by molar-refractivity contribution is 0.102. The first-order valence-electron chi connectivity index (χ1n) is 5.04. The third kappa shape index (κ3) is 5.28. The maximum absolute atomic E-state index is 12.0. The van der Waals surface area contributed by atoms with Crippen LogP contribution in [0, 0.1) is 0 Å². The summed E-state index contributed by atoms with van der Waals surface area (Å²) < 4.78 is 24.0. The Kier molecular flexibility index (Phi) is 5.49. The third-order valence-corrected chi connectivity index (χ3v) is 2.37. The van der Waals surface area contributed by atoms with Crippen molar-refractivity contribution >= 4 is 17.3 Å². The first-order chi connectivity index (χ1) is 7.58. The zero-order valence-corrected chi connectivity index (χ0v) is 9.85. The van der Waals surface area contributed by atoms with Gasteiger partial charge in [0.25, 0.3) is 6.43 Å². The molecule has 0 unspecified atom stereocenters. The Morgan fingerprint density at radius 2 is 1.94 bits per heavy atom. The van der Waals surface area contributed by atoms with Crippen LogP contribution in [-0.2, 0) is 0 Å². The average molecular weight is 249 g/mol. The minimum atomic E-state index is -2.28. The maximum atomic E-state index is 12.0. The molecule has 0 aliphatic carbocycles. The normalized spacial score (nSPS) is 11.1. The Morgan fingerprint density at radius 1 is 1.31 bits per heavy atom. The number of alkyl halides is 2. The first-order valence-corrected chi connectivity index (χ1v) is 5.42. The zero-order valence-electron chi connectivity index (χ0n) is 9.09. The second kappa shape index (κ2) is 6.66. The monoisotopic (exact) mass is 248 g/mol. The Balaban J connectivity index is 2.22. The molecule has 90 valence electrons. The van der Waals surface area contributed by atoms with Crippen molar-refractivity contribution in [3.8, 4) is 0 Å². The van der Waals surface area contributed by atoms with E-state index in [4.69, 9.17) is 11.6 Å². The molecule has 0 heterocycles. The van der Waals surface area contributed by atoms with Crippen molar-refractivity contribution < 1.29 is 8.78 Å². The van der Waals surface area contributed by atoms with Gasteiger partial charge >= 0.3 is 0 Å². The van der Waals surface area contributed by atoms with Crippen LogP contribution < -0.4 is 5.32 Å². The summed E-state index contributed by atoms with van der Waals surface area (Å²) >= 11 is 5.73. The fourth-order valence-electron chi connectivity index (χ4n) is 1.29. The lowest BCUT2D eigenvalue weighted by Gasteiger charge is -2.16. The summed E-state index contributed by atoms with van der Waals surface area (Å²) in [7, 11) is 1.68. The van der Waals surface area contributed by atoms with Crippen LogP contribution in [0.3, 0.4) is 0 Å². The van der Waals surface area contributed by atoms with Crippen LogP contribution >= 0.6 is 11.6 Å². The largest absolute Gasteiger partial charge is 0.384 e. The van der Waals surface area contributed by atoms with Gasteiger partial charge in [0.05, 0.1) is 6.54 Å². The van der Waals surface area contributed by atoms with E-state index in [1.165, 1.54) is 0 Å². The van der Waals surface area contributed by atoms with E-state index < -0.39 is 6.43 Å². The molecule has 1 N–H and O–H groups in total. The first kappa shape index (κ1) is 13.2. The summed E-state index contributed by atoms with van der Waals surface area (Å²) in [5.41, 5.74) is 0.940. The van der Waals surface area contributed by atoms with E-state index in [1.807, 2.05) is 12.1 Å². The highest BCUT2D eigenvalue weighted by Crippen LogP contribution is 2.12. The van der Waals surface area contributed by atoms with Crippen LogP contribution in [0.5, 0.6) is 0 Å². The Labute approximate surface area is 99.2 Å². The van der Waals surface area contributed by atoms with E-state index in [-0.39, 0.29) is 6.54 Å². The number of benzene rings is 1. The fourth-order valence-corrected chi connectivity index (χ4v) is 1.41. The van der Waals surface area contributed by atoms with Gasteiger partial charge in [-0.1, -0.05) is 11.6 Å². The van der Waals surface area contributed by atoms with Gasteiger partial charge in [-0.3, -0.25) is 4.90 Å². The molecule has 0 aromatic heterocycles. The highest BCUT2D eigenvalue weighted by atomic mass is 35.5. The lowest BCUT2D eigenvalue weighted by Crippen LogP contribution is -2.29. The topological polar surface area (TPSA) is 15.3 Å². The van der Waals surface area contributed by atoms with Crippen LogP contribution in [0.1, 0.15) is 0 Å². The molecule has 0 aliphatic heterocycles.